The Morgan fingerprint density at radius 3 is 2.29 bits per heavy atom. The van der Waals surface area contributed by atoms with Crippen molar-refractivity contribution in [2.24, 2.45) is 0 Å². The summed E-state index contributed by atoms with van der Waals surface area (Å²) in [4.78, 5) is 11.3. The lowest BCUT2D eigenvalue weighted by Crippen LogP contribution is -2.03. The average molecular weight is 326 g/mol. The fourth-order valence-electron chi connectivity index (χ4n) is 1.75. The molecule has 0 aromatic heterocycles. The molecule has 0 atom stereocenters. The first-order chi connectivity index (χ1) is 10.0. The molecule has 0 radical (unpaired) electrons. The Morgan fingerprint density at radius 2 is 1.76 bits per heavy atom. The number of nitrogens with one attached hydrogen (secondary N) is 1. The molecule has 110 valence electrons. The number of methoxy groups -OCH3 is 1. The van der Waals surface area contributed by atoms with Crippen molar-refractivity contribution in [1.29, 1.82) is 0 Å². The van der Waals surface area contributed by atoms with Crippen LogP contribution in [0.1, 0.15) is 15.9 Å². The molecule has 0 fully saturated rings. The van der Waals surface area contributed by atoms with Crippen molar-refractivity contribution in [2.45, 2.75) is 6.54 Å². The minimum atomic E-state index is -0.369. The second-order valence-corrected chi connectivity index (χ2v) is 5.14. The van der Waals surface area contributed by atoms with E-state index in [2.05, 4.69) is 10.1 Å². The fraction of sp³-hybridized carbons (Fsp3) is 0.133. The van der Waals surface area contributed by atoms with Crippen LogP contribution in [0.5, 0.6) is 5.75 Å². The number of ether oxygens (including phenoxy) is 1. The molecular weight excluding hydrogens is 313 g/mol. The number of hydrogen-bond donors (Lipinski definition) is 2. The smallest absolute Gasteiger partial charge is 0.337 e. The maximum atomic E-state index is 11.3. The Morgan fingerprint density at radius 1 is 1.19 bits per heavy atom. The highest BCUT2D eigenvalue weighted by Crippen LogP contribution is 2.34. The summed E-state index contributed by atoms with van der Waals surface area (Å²) in [6.45, 7) is 0.527. The molecule has 0 aliphatic heterocycles. The Kier molecular flexibility index (Phi) is 4.94. The van der Waals surface area contributed by atoms with Crippen LogP contribution in [0.2, 0.25) is 10.0 Å². The average Bonchev–Trinajstić information content (AvgIpc) is 2.50. The van der Waals surface area contributed by atoms with Gasteiger partial charge in [-0.25, -0.2) is 4.79 Å². The zero-order chi connectivity index (χ0) is 15.4. The summed E-state index contributed by atoms with van der Waals surface area (Å²) >= 11 is 11.7. The largest absolute Gasteiger partial charge is 0.505 e. The van der Waals surface area contributed by atoms with Gasteiger partial charge in [-0.2, -0.15) is 0 Å². The molecule has 0 saturated carbocycles. The molecule has 21 heavy (non-hydrogen) atoms. The van der Waals surface area contributed by atoms with E-state index in [9.17, 15) is 9.90 Å². The predicted octanol–water partition coefficient (Wildman–Crippen LogP) is 4.10. The minimum Gasteiger partial charge on any atom is -0.505 e. The molecule has 2 aromatic rings. The van der Waals surface area contributed by atoms with Crippen molar-refractivity contribution in [3.05, 3.63) is 57.6 Å². The van der Waals surface area contributed by atoms with Crippen molar-refractivity contribution >= 4 is 34.9 Å². The number of phenols is 1. The van der Waals surface area contributed by atoms with E-state index in [0.717, 1.165) is 5.56 Å². The van der Waals surface area contributed by atoms with E-state index >= 15 is 0 Å². The maximum absolute atomic E-state index is 11.3. The Bertz CT molecular complexity index is 633. The van der Waals surface area contributed by atoms with E-state index in [4.69, 9.17) is 23.2 Å². The van der Waals surface area contributed by atoms with Crippen LogP contribution in [-0.2, 0) is 11.3 Å². The summed E-state index contributed by atoms with van der Waals surface area (Å²) in [5.41, 5.74) is 2.17. The lowest BCUT2D eigenvalue weighted by Gasteiger charge is -2.09. The highest BCUT2D eigenvalue weighted by atomic mass is 35.5. The molecule has 0 aliphatic carbocycles. The second kappa shape index (κ2) is 6.70. The number of esters is 1. The van der Waals surface area contributed by atoms with Gasteiger partial charge in [0.15, 0.2) is 5.75 Å². The second-order valence-electron chi connectivity index (χ2n) is 4.33. The van der Waals surface area contributed by atoms with E-state index < -0.39 is 0 Å². The fourth-order valence-corrected chi connectivity index (χ4v) is 2.24. The zero-order valence-corrected chi connectivity index (χ0v) is 12.7. The van der Waals surface area contributed by atoms with E-state index in [1.165, 1.54) is 7.11 Å². The van der Waals surface area contributed by atoms with Gasteiger partial charge in [0.1, 0.15) is 0 Å². The van der Waals surface area contributed by atoms with Crippen molar-refractivity contribution in [3.8, 4) is 5.75 Å². The Hall–Kier alpha value is -1.91. The molecule has 4 nitrogen and oxygen atoms in total. The molecule has 0 unspecified atom stereocenters. The van der Waals surface area contributed by atoms with Gasteiger partial charge in [0.25, 0.3) is 0 Å². The Labute approximate surface area is 132 Å². The van der Waals surface area contributed by atoms with Crippen LogP contribution in [0.3, 0.4) is 0 Å². The normalized spacial score (nSPS) is 10.2. The maximum Gasteiger partial charge on any atom is 0.337 e. The molecule has 2 aromatic carbocycles. The number of carbonyl (C=O) groups is 1. The number of phenolic OH excluding ortho intramolecular Hbond substituents is 1. The summed E-state index contributed by atoms with van der Waals surface area (Å²) in [7, 11) is 1.34. The molecule has 0 bridgehead atoms. The first-order valence-electron chi connectivity index (χ1n) is 6.10. The number of aromatic hydroxyl groups is 1. The SMILES string of the molecule is COC(=O)c1ccc(CNc2cc(Cl)c(O)c(Cl)c2)cc1. The molecule has 0 amide bonds. The topological polar surface area (TPSA) is 58.6 Å². The van der Waals surface area contributed by atoms with Gasteiger partial charge in [0.2, 0.25) is 0 Å². The third-order valence-electron chi connectivity index (χ3n) is 2.89. The third kappa shape index (κ3) is 3.80. The number of anilines is 1. The monoisotopic (exact) mass is 325 g/mol. The van der Waals surface area contributed by atoms with Gasteiger partial charge in [-0.05, 0) is 29.8 Å². The quantitative estimate of drug-likeness (QED) is 0.656. The van der Waals surface area contributed by atoms with Gasteiger partial charge in [0.05, 0.1) is 22.7 Å². The summed E-state index contributed by atoms with van der Waals surface area (Å²) in [5.74, 6) is -0.502. The number of benzene rings is 2. The number of rotatable bonds is 4. The molecule has 2 N–H and O–H groups in total. The van der Waals surface area contributed by atoms with Crippen molar-refractivity contribution < 1.29 is 14.6 Å². The standard InChI is InChI=1S/C15H13Cl2NO3/c1-21-15(20)10-4-2-9(3-5-10)8-18-11-6-12(16)14(19)13(17)7-11/h2-7,18-19H,8H2,1H3. The lowest BCUT2D eigenvalue weighted by atomic mass is 10.1. The number of hydrogen-bond acceptors (Lipinski definition) is 4. The van der Waals surface area contributed by atoms with Crippen LogP contribution in [-0.4, -0.2) is 18.2 Å². The summed E-state index contributed by atoms with van der Waals surface area (Å²) < 4.78 is 4.64. The van der Waals surface area contributed by atoms with E-state index in [1.54, 1.807) is 24.3 Å². The zero-order valence-electron chi connectivity index (χ0n) is 11.2. The van der Waals surface area contributed by atoms with Crippen molar-refractivity contribution in [3.63, 3.8) is 0 Å². The van der Waals surface area contributed by atoms with Crippen LogP contribution in [0.25, 0.3) is 0 Å². The van der Waals surface area contributed by atoms with Crippen LogP contribution in [0.4, 0.5) is 5.69 Å². The summed E-state index contributed by atoms with van der Waals surface area (Å²) in [6, 6.07) is 10.2. The first kappa shape index (κ1) is 15.5. The first-order valence-corrected chi connectivity index (χ1v) is 6.86. The molecule has 0 saturated heterocycles. The minimum absolute atomic E-state index is 0.133. The van der Waals surface area contributed by atoms with E-state index in [0.29, 0.717) is 17.8 Å². The van der Waals surface area contributed by atoms with Gasteiger partial charge in [-0.1, -0.05) is 35.3 Å². The third-order valence-corrected chi connectivity index (χ3v) is 3.46. The van der Waals surface area contributed by atoms with Crippen molar-refractivity contribution in [1.82, 2.24) is 0 Å². The van der Waals surface area contributed by atoms with Crippen LogP contribution >= 0.6 is 23.2 Å². The summed E-state index contributed by atoms with van der Waals surface area (Å²) in [6.07, 6.45) is 0. The van der Waals surface area contributed by atoms with Gasteiger partial charge in [0, 0.05) is 12.2 Å². The van der Waals surface area contributed by atoms with Gasteiger partial charge < -0.3 is 15.2 Å². The molecule has 0 heterocycles. The van der Waals surface area contributed by atoms with E-state index in [1.807, 2.05) is 12.1 Å². The van der Waals surface area contributed by atoms with Crippen LogP contribution < -0.4 is 5.32 Å². The lowest BCUT2D eigenvalue weighted by molar-refractivity contribution is 0.0600. The summed E-state index contributed by atoms with van der Waals surface area (Å²) in [5, 5.41) is 13.0. The highest BCUT2D eigenvalue weighted by molar-refractivity contribution is 6.37. The van der Waals surface area contributed by atoms with Crippen LogP contribution in [0, 0.1) is 0 Å². The molecule has 6 heteroatoms. The molecule has 0 aliphatic rings. The van der Waals surface area contributed by atoms with Gasteiger partial charge in [-0.15, -0.1) is 0 Å². The highest BCUT2D eigenvalue weighted by Gasteiger charge is 2.07. The van der Waals surface area contributed by atoms with Crippen molar-refractivity contribution in [2.75, 3.05) is 12.4 Å². The van der Waals surface area contributed by atoms with Gasteiger partial charge >= 0.3 is 5.97 Å². The number of carbonyl (C=O) groups excluding carboxylic acids is 1. The van der Waals surface area contributed by atoms with Gasteiger partial charge in [-0.3, -0.25) is 0 Å². The number of halogens is 2. The molecule has 0 spiro atoms. The van der Waals surface area contributed by atoms with E-state index in [-0.39, 0.29) is 21.8 Å². The van der Waals surface area contributed by atoms with Crippen LogP contribution in [0.15, 0.2) is 36.4 Å². The molecule has 2 rings (SSSR count). The Balaban J connectivity index is 2.05. The predicted molar refractivity (Wildman–Crippen MR) is 83.2 cm³/mol. The molecular formula is C15H13Cl2NO3.